The number of rotatable bonds is 7. The van der Waals surface area contributed by atoms with Crippen molar-refractivity contribution in [3.8, 4) is 0 Å². The van der Waals surface area contributed by atoms with Gasteiger partial charge in [-0.15, -0.1) is 0 Å². The number of carbonyl (C=O) groups is 1. The molecule has 0 aliphatic carbocycles. The van der Waals surface area contributed by atoms with Crippen LogP contribution in [0.15, 0.2) is 21.6 Å². The quantitative estimate of drug-likeness (QED) is 0.806. The second-order valence-corrected chi connectivity index (χ2v) is 7.15. The molecule has 2 aromatic rings. The van der Waals surface area contributed by atoms with E-state index < -0.39 is 0 Å². The highest BCUT2D eigenvalue weighted by Gasteiger charge is 2.22. The van der Waals surface area contributed by atoms with E-state index in [4.69, 9.17) is 4.74 Å². The molecular formula is C17H24N4O3S. The molecule has 3 heterocycles. The zero-order valence-corrected chi connectivity index (χ0v) is 15.3. The van der Waals surface area contributed by atoms with Crippen LogP contribution in [0.3, 0.4) is 0 Å². The largest absolute Gasteiger partial charge is 0.383 e. The Bertz CT molecular complexity index is 751. The molecule has 7 nitrogen and oxygen atoms in total. The van der Waals surface area contributed by atoms with Gasteiger partial charge in [0.25, 0.3) is 0 Å². The number of hydrogen-bond donors (Lipinski definition) is 1. The lowest BCUT2D eigenvalue weighted by molar-refractivity contribution is -0.122. The summed E-state index contributed by atoms with van der Waals surface area (Å²) in [5.74, 6) is 1.19. The first kappa shape index (κ1) is 17.9. The van der Waals surface area contributed by atoms with Crippen LogP contribution in [0, 0.1) is 5.92 Å². The molecule has 25 heavy (non-hydrogen) atoms. The first-order valence-electron chi connectivity index (χ1n) is 8.60. The van der Waals surface area contributed by atoms with E-state index in [1.165, 1.54) is 4.68 Å². The molecule has 0 spiro atoms. The number of ether oxygens (including phenoxy) is 1. The van der Waals surface area contributed by atoms with Crippen LogP contribution in [0.25, 0.3) is 0 Å². The maximum atomic E-state index is 12.4. The first-order valence-corrected chi connectivity index (χ1v) is 9.55. The molecule has 0 radical (unpaired) electrons. The predicted octanol–water partition coefficient (Wildman–Crippen LogP) is 1.41. The van der Waals surface area contributed by atoms with Gasteiger partial charge in [0.05, 0.1) is 13.2 Å². The van der Waals surface area contributed by atoms with Gasteiger partial charge in [0.1, 0.15) is 5.82 Å². The fourth-order valence-corrected chi connectivity index (χ4v) is 3.81. The SMILES string of the molecule is COCCn1nc2n(c1=O)CCC(CC(=O)NCc1ccsc1)CC2. The van der Waals surface area contributed by atoms with Crippen molar-refractivity contribution >= 4 is 17.2 Å². The maximum absolute atomic E-state index is 12.4. The highest BCUT2D eigenvalue weighted by atomic mass is 32.1. The molecule has 1 amide bonds. The summed E-state index contributed by atoms with van der Waals surface area (Å²) in [6, 6.07) is 2.02. The van der Waals surface area contributed by atoms with Crippen molar-refractivity contribution in [3.05, 3.63) is 38.7 Å². The summed E-state index contributed by atoms with van der Waals surface area (Å²) in [4.78, 5) is 24.5. The van der Waals surface area contributed by atoms with Gasteiger partial charge in [-0.05, 0) is 41.1 Å². The summed E-state index contributed by atoms with van der Waals surface area (Å²) < 4.78 is 8.24. The molecule has 0 fully saturated rings. The number of methoxy groups -OCH3 is 1. The molecule has 3 rings (SSSR count). The summed E-state index contributed by atoms with van der Waals surface area (Å²) in [6.07, 6.45) is 2.95. The molecule has 1 aliphatic heterocycles. The Morgan fingerprint density at radius 3 is 3.12 bits per heavy atom. The van der Waals surface area contributed by atoms with Crippen LogP contribution >= 0.6 is 11.3 Å². The Balaban J connectivity index is 1.52. The summed E-state index contributed by atoms with van der Waals surface area (Å²) >= 11 is 1.63. The Hall–Kier alpha value is -1.93. The van der Waals surface area contributed by atoms with Crippen molar-refractivity contribution in [2.24, 2.45) is 5.92 Å². The van der Waals surface area contributed by atoms with Gasteiger partial charge in [-0.3, -0.25) is 9.36 Å². The average molecular weight is 364 g/mol. The van der Waals surface area contributed by atoms with Crippen molar-refractivity contribution in [1.82, 2.24) is 19.7 Å². The van der Waals surface area contributed by atoms with Crippen LogP contribution in [0.4, 0.5) is 0 Å². The molecule has 0 bridgehead atoms. The molecule has 0 saturated carbocycles. The van der Waals surface area contributed by atoms with E-state index in [2.05, 4.69) is 10.4 Å². The topological polar surface area (TPSA) is 78.2 Å². The van der Waals surface area contributed by atoms with E-state index in [1.807, 2.05) is 16.8 Å². The van der Waals surface area contributed by atoms with Crippen LogP contribution in [-0.2, 0) is 35.6 Å². The number of nitrogens with one attached hydrogen (secondary N) is 1. The fourth-order valence-electron chi connectivity index (χ4n) is 3.14. The van der Waals surface area contributed by atoms with Gasteiger partial charge in [0, 0.05) is 33.0 Å². The molecule has 136 valence electrons. The van der Waals surface area contributed by atoms with Crippen LogP contribution in [-0.4, -0.2) is 34.0 Å². The Morgan fingerprint density at radius 1 is 1.48 bits per heavy atom. The van der Waals surface area contributed by atoms with Crippen molar-refractivity contribution in [3.63, 3.8) is 0 Å². The molecule has 1 N–H and O–H groups in total. The zero-order valence-electron chi connectivity index (χ0n) is 14.4. The number of aromatic nitrogens is 3. The molecule has 1 atom stereocenters. The number of aryl methyl sites for hydroxylation is 1. The van der Waals surface area contributed by atoms with Gasteiger partial charge >= 0.3 is 5.69 Å². The standard InChI is InChI=1S/C17H24N4O3S/c1-24-8-7-21-17(23)20-6-4-13(2-3-15(20)19-21)10-16(22)18-11-14-5-9-25-12-14/h5,9,12-13H,2-4,6-8,10-11H2,1H3,(H,18,22). The third-order valence-electron chi connectivity index (χ3n) is 4.59. The van der Waals surface area contributed by atoms with Gasteiger partial charge in [-0.25, -0.2) is 9.48 Å². The van der Waals surface area contributed by atoms with Gasteiger partial charge < -0.3 is 10.1 Å². The molecule has 2 aromatic heterocycles. The number of nitrogens with zero attached hydrogens (tertiary/aromatic N) is 3. The van der Waals surface area contributed by atoms with E-state index in [0.717, 1.165) is 30.7 Å². The average Bonchev–Trinajstić information content (AvgIpc) is 3.17. The summed E-state index contributed by atoms with van der Waals surface area (Å²) in [7, 11) is 1.61. The maximum Gasteiger partial charge on any atom is 0.345 e. The molecule has 1 unspecified atom stereocenters. The second-order valence-electron chi connectivity index (χ2n) is 6.37. The number of thiophene rings is 1. The third kappa shape index (κ3) is 4.58. The van der Waals surface area contributed by atoms with Crippen molar-refractivity contribution in [2.75, 3.05) is 13.7 Å². The van der Waals surface area contributed by atoms with Gasteiger partial charge in [0.15, 0.2) is 0 Å². The lowest BCUT2D eigenvalue weighted by Gasteiger charge is -2.13. The van der Waals surface area contributed by atoms with Crippen LogP contribution in [0.5, 0.6) is 0 Å². The summed E-state index contributed by atoms with van der Waals surface area (Å²) in [5.41, 5.74) is 1.06. The minimum atomic E-state index is -0.0744. The van der Waals surface area contributed by atoms with Crippen molar-refractivity contribution in [1.29, 1.82) is 0 Å². The Morgan fingerprint density at radius 2 is 2.36 bits per heavy atom. The van der Waals surface area contributed by atoms with Crippen LogP contribution < -0.4 is 11.0 Å². The molecule has 1 aliphatic rings. The Kier molecular flexibility index (Phi) is 6.04. The molecular weight excluding hydrogens is 340 g/mol. The number of fused-ring (bicyclic) bond motifs is 1. The first-order chi connectivity index (χ1) is 12.2. The van der Waals surface area contributed by atoms with Gasteiger partial charge in [-0.2, -0.15) is 16.4 Å². The number of carbonyl (C=O) groups excluding carboxylic acids is 1. The smallest absolute Gasteiger partial charge is 0.345 e. The van der Waals surface area contributed by atoms with Gasteiger partial charge in [-0.1, -0.05) is 0 Å². The van der Waals surface area contributed by atoms with E-state index in [-0.39, 0.29) is 17.5 Å². The van der Waals surface area contributed by atoms with Gasteiger partial charge in [0.2, 0.25) is 5.91 Å². The number of amides is 1. The third-order valence-corrected chi connectivity index (χ3v) is 5.32. The highest BCUT2D eigenvalue weighted by molar-refractivity contribution is 7.07. The normalized spacial score (nSPS) is 17.1. The molecule has 8 heteroatoms. The Labute approximate surface area is 150 Å². The van der Waals surface area contributed by atoms with E-state index in [1.54, 1.807) is 23.0 Å². The summed E-state index contributed by atoms with van der Waals surface area (Å²) in [6.45, 7) is 2.16. The molecule has 0 aromatic carbocycles. The fraction of sp³-hybridized carbons (Fsp3) is 0.588. The van der Waals surface area contributed by atoms with Crippen LogP contribution in [0.2, 0.25) is 0 Å². The minimum absolute atomic E-state index is 0.0744. The van der Waals surface area contributed by atoms with E-state index >= 15 is 0 Å². The summed E-state index contributed by atoms with van der Waals surface area (Å²) in [5, 5.41) is 11.4. The van der Waals surface area contributed by atoms with E-state index in [0.29, 0.717) is 32.7 Å². The number of hydrogen-bond acceptors (Lipinski definition) is 5. The minimum Gasteiger partial charge on any atom is -0.383 e. The zero-order chi connectivity index (χ0) is 17.6. The molecule has 0 saturated heterocycles. The van der Waals surface area contributed by atoms with Crippen molar-refractivity contribution < 1.29 is 9.53 Å². The lowest BCUT2D eigenvalue weighted by atomic mass is 9.96. The second kappa shape index (κ2) is 8.44. The monoisotopic (exact) mass is 364 g/mol. The lowest BCUT2D eigenvalue weighted by Crippen LogP contribution is -2.27. The predicted molar refractivity (Wildman–Crippen MR) is 95.6 cm³/mol. The van der Waals surface area contributed by atoms with Crippen LogP contribution in [0.1, 0.15) is 30.7 Å². The highest BCUT2D eigenvalue weighted by Crippen LogP contribution is 2.21. The van der Waals surface area contributed by atoms with Crippen molar-refractivity contribution in [2.45, 2.75) is 45.3 Å². The van der Waals surface area contributed by atoms with E-state index in [9.17, 15) is 9.59 Å².